The molecule has 232 valence electrons. The van der Waals surface area contributed by atoms with Gasteiger partial charge in [0.25, 0.3) is 5.91 Å². The lowest BCUT2D eigenvalue weighted by Crippen LogP contribution is -2.49. The van der Waals surface area contributed by atoms with E-state index in [4.69, 9.17) is 14.5 Å². The first-order valence-corrected chi connectivity index (χ1v) is 16.4. The maximum atomic E-state index is 13.1. The van der Waals surface area contributed by atoms with Gasteiger partial charge in [0, 0.05) is 18.2 Å². The third-order valence-corrected chi connectivity index (χ3v) is 10.3. The highest BCUT2D eigenvalue weighted by Crippen LogP contribution is 2.54. The van der Waals surface area contributed by atoms with Gasteiger partial charge in [0.05, 0.1) is 12.2 Å². The maximum absolute atomic E-state index is 13.1. The van der Waals surface area contributed by atoms with Crippen LogP contribution in [0.4, 0.5) is 9.18 Å². The Labute approximate surface area is 254 Å². The molecule has 5 saturated carbocycles. The van der Waals surface area contributed by atoms with Crippen molar-refractivity contribution in [1.82, 2.24) is 10.6 Å². The lowest BCUT2D eigenvalue weighted by Gasteiger charge is -2.53. The Bertz CT molecular complexity index is 1210. The summed E-state index contributed by atoms with van der Waals surface area (Å²) in [4.78, 5) is 37.1. The van der Waals surface area contributed by atoms with Crippen molar-refractivity contribution in [1.29, 1.82) is 0 Å². The minimum Gasteiger partial charge on any atom is -0.410 e. The number of halogens is 1. The molecule has 3 atom stereocenters. The lowest BCUT2D eigenvalue weighted by atomic mass is 9.55. The van der Waals surface area contributed by atoms with Gasteiger partial charge in [-0.15, -0.1) is 0 Å². The molecule has 0 heterocycles. The second-order valence-electron chi connectivity index (χ2n) is 13.3. The summed E-state index contributed by atoms with van der Waals surface area (Å²) in [5.74, 6) is 3.51. The minimum absolute atomic E-state index is 0.126. The first-order chi connectivity index (χ1) is 20.9. The fourth-order valence-electron chi connectivity index (χ4n) is 8.26. The number of amides is 2. The molecule has 2 amide bonds. The number of carbonyl (C=O) groups is 2. The van der Waals surface area contributed by atoms with Gasteiger partial charge in [-0.3, -0.25) is 4.79 Å². The van der Waals surface area contributed by atoms with Crippen LogP contribution in [0.1, 0.15) is 99.4 Å². The van der Waals surface area contributed by atoms with Crippen LogP contribution in [0.5, 0.6) is 5.75 Å². The van der Waals surface area contributed by atoms with E-state index in [1.807, 2.05) is 31.2 Å². The van der Waals surface area contributed by atoms with E-state index in [1.165, 1.54) is 61.9 Å². The zero-order chi connectivity index (χ0) is 29.8. The number of ether oxygens (including phenoxy) is 1. The Kier molecular flexibility index (Phi) is 9.63. The van der Waals surface area contributed by atoms with E-state index < -0.39 is 6.09 Å². The van der Waals surface area contributed by atoms with Gasteiger partial charge in [0.2, 0.25) is 0 Å². The van der Waals surface area contributed by atoms with E-state index in [1.54, 1.807) is 0 Å². The number of hydrogen-bond acceptors (Lipinski definition) is 5. The van der Waals surface area contributed by atoms with Crippen LogP contribution in [0.3, 0.4) is 0 Å². The summed E-state index contributed by atoms with van der Waals surface area (Å²) in [5.41, 5.74) is 1.64. The molecule has 0 aromatic heterocycles. The van der Waals surface area contributed by atoms with Gasteiger partial charge >= 0.3 is 6.09 Å². The molecular weight excluding hydrogens is 547 g/mol. The minimum atomic E-state index is -0.527. The summed E-state index contributed by atoms with van der Waals surface area (Å²) in [7, 11) is 0. The number of benzene rings is 2. The molecule has 4 bridgehead atoms. The molecule has 0 radical (unpaired) electrons. The van der Waals surface area contributed by atoms with Gasteiger partial charge in [-0.05, 0) is 136 Å². The van der Waals surface area contributed by atoms with Crippen LogP contribution >= 0.6 is 0 Å². The van der Waals surface area contributed by atoms with Crippen LogP contribution in [0.25, 0.3) is 0 Å². The summed E-state index contributed by atoms with van der Waals surface area (Å²) in [6, 6.07) is 13.1. The lowest BCUT2D eigenvalue weighted by molar-refractivity contribution is -0.384. The summed E-state index contributed by atoms with van der Waals surface area (Å²) in [6.07, 6.45) is 12.1. The molecule has 0 aliphatic heterocycles. The van der Waals surface area contributed by atoms with Crippen molar-refractivity contribution in [3.05, 3.63) is 65.5 Å². The van der Waals surface area contributed by atoms with E-state index in [0.29, 0.717) is 54.6 Å². The predicted molar refractivity (Wildman–Crippen MR) is 161 cm³/mol. The molecule has 43 heavy (non-hydrogen) atoms. The molecule has 0 saturated heterocycles. The monoisotopic (exact) mass is 592 g/mol. The quantitative estimate of drug-likeness (QED) is 0.211. The maximum Gasteiger partial charge on any atom is 0.412 e. The van der Waals surface area contributed by atoms with E-state index in [0.717, 1.165) is 37.5 Å². The third-order valence-electron chi connectivity index (χ3n) is 10.3. The third kappa shape index (κ3) is 7.58. The molecule has 7 rings (SSSR count). The number of carbonyl (C=O) groups excluding carboxylic acids is 2. The fraction of sp³-hybridized carbons (Fsp3) is 0.600. The molecule has 2 N–H and O–H groups in total. The van der Waals surface area contributed by atoms with Gasteiger partial charge in [-0.2, -0.15) is 0 Å². The van der Waals surface area contributed by atoms with Crippen molar-refractivity contribution in [3.8, 4) is 5.75 Å². The average Bonchev–Trinajstić information content (AvgIpc) is 3.00. The zero-order valence-corrected chi connectivity index (χ0v) is 25.1. The van der Waals surface area contributed by atoms with Crippen LogP contribution in [-0.2, 0) is 9.78 Å². The Balaban J connectivity index is 0.912. The van der Waals surface area contributed by atoms with Crippen LogP contribution < -0.4 is 15.4 Å². The molecule has 5 fully saturated rings. The molecule has 2 aromatic carbocycles. The highest BCUT2D eigenvalue weighted by atomic mass is 19.1. The van der Waals surface area contributed by atoms with Gasteiger partial charge in [-0.1, -0.05) is 25.5 Å². The van der Waals surface area contributed by atoms with Gasteiger partial charge in [-0.25, -0.2) is 19.0 Å². The van der Waals surface area contributed by atoms with Crippen LogP contribution in [0, 0.1) is 29.5 Å². The molecule has 5 aliphatic carbocycles. The normalized spacial score (nSPS) is 30.0. The number of hydrogen-bond donors (Lipinski definition) is 2. The topological polar surface area (TPSA) is 85.9 Å². The largest absolute Gasteiger partial charge is 0.412 e. The second-order valence-corrected chi connectivity index (χ2v) is 13.3. The second kappa shape index (κ2) is 13.8. The van der Waals surface area contributed by atoms with Gasteiger partial charge < -0.3 is 15.4 Å². The first kappa shape index (κ1) is 30.1. The predicted octanol–water partition coefficient (Wildman–Crippen LogP) is 7.31. The highest BCUT2D eigenvalue weighted by molar-refractivity contribution is 5.94. The summed E-state index contributed by atoms with van der Waals surface area (Å²) in [6.45, 7) is 2.32. The Morgan fingerprint density at radius 3 is 2.26 bits per heavy atom. The highest BCUT2D eigenvalue weighted by Gasteiger charge is 2.49. The van der Waals surface area contributed by atoms with Crippen LogP contribution in [-0.4, -0.2) is 36.8 Å². The van der Waals surface area contributed by atoms with Gasteiger partial charge in [0.1, 0.15) is 11.6 Å². The molecule has 8 heteroatoms. The van der Waals surface area contributed by atoms with Crippen molar-refractivity contribution in [2.75, 3.05) is 6.54 Å². The van der Waals surface area contributed by atoms with E-state index in [9.17, 15) is 14.0 Å². The molecular formula is C35H45FN2O5. The van der Waals surface area contributed by atoms with E-state index in [-0.39, 0.29) is 23.9 Å². The Hall–Kier alpha value is -2.97. The average molecular weight is 593 g/mol. The molecule has 7 nitrogen and oxygen atoms in total. The van der Waals surface area contributed by atoms with Crippen molar-refractivity contribution >= 4 is 12.0 Å². The molecule has 5 aliphatic rings. The van der Waals surface area contributed by atoms with Gasteiger partial charge in [0.15, 0.2) is 0 Å². The summed E-state index contributed by atoms with van der Waals surface area (Å²) < 4.78 is 18.6. The Morgan fingerprint density at radius 1 is 0.884 bits per heavy atom. The smallest absolute Gasteiger partial charge is 0.410 e. The van der Waals surface area contributed by atoms with Crippen molar-refractivity contribution < 1.29 is 28.5 Å². The fourth-order valence-corrected chi connectivity index (χ4v) is 8.26. The summed E-state index contributed by atoms with van der Waals surface area (Å²) in [5, 5.41) is 5.70. The van der Waals surface area contributed by atoms with Crippen LogP contribution in [0.15, 0.2) is 48.5 Å². The van der Waals surface area contributed by atoms with Crippen molar-refractivity contribution in [2.45, 2.75) is 102 Å². The van der Waals surface area contributed by atoms with E-state index in [2.05, 4.69) is 10.6 Å². The number of nitrogens with one attached hydrogen (secondary N) is 2. The molecule has 2 aromatic rings. The molecule has 0 spiro atoms. The van der Waals surface area contributed by atoms with E-state index >= 15 is 0 Å². The summed E-state index contributed by atoms with van der Waals surface area (Å²) >= 11 is 0. The molecule has 3 unspecified atom stereocenters. The first-order valence-electron chi connectivity index (χ1n) is 16.4. The van der Waals surface area contributed by atoms with Crippen LogP contribution in [0.2, 0.25) is 0 Å². The Morgan fingerprint density at radius 2 is 1.58 bits per heavy atom. The van der Waals surface area contributed by atoms with Crippen molar-refractivity contribution in [2.24, 2.45) is 23.7 Å². The SMILES string of the molecule is CCC(CCNC(=O)Oc1ccc(C2CCCC(OOC3C4CC5CC(C4)CC3C5)C2)cc1)NC(=O)c1ccc(F)cc1. The number of rotatable bonds is 11. The van der Waals surface area contributed by atoms with Crippen molar-refractivity contribution in [3.63, 3.8) is 0 Å². The zero-order valence-electron chi connectivity index (χ0n) is 25.1. The standard InChI is InChI=1S/C35H45FN2O5/c1-2-30(38-34(39)25-6-10-29(36)11-7-25)14-15-37-35(40)41-31-12-8-24(9-13-31)26-4-3-5-32(21-26)42-43-33-27-17-22-16-23(19-27)20-28(33)18-22/h6-13,22-23,26-28,30,32-33H,2-5,14-21H2,1H3,(H,37,40)(H,38,39).